The molecular weight excluding hydrogens is 314 g/mol. The molecule has 0 unspecified atom stereocenters. The second-order valence-corrected chi connectivity index (χ2v) is 4.81. The first-order valence-corrected chi connectivity index (χ1v) is 7.27. The minimum Gasteiger partial charge on any atom is -0.497 e. The number of nitrogens with one attached hydrogen (secondary N) is 1. The molecule has 24 heavy (non-hydrogen) atoms. The Labute approximate surface area is 140 Å². The number of amides is 1. The van der Waals surface area contributed by atoms with Crippen molar-refractivity contribution in [2.75, 3.05) is 21.3 Å². The first kappa shape index (κ1) is 19.2. The standard InChI is InChI=1S/C17H21NO6/c1-22-13-7-4-12(5-8-13)6-10-15(19)18-14(17(21)24-3)9-11-16(20)23-2/h4-8,10,14H,9,11H2,1-3H3,(H,18,19)/b10-6+/t14-/m0/s1. The van der Waals surface area contributed by atoms with Crippen molar-refractivity contribution in [3.63, 3.8) is 0 Å². The summed E-state index contributed by atoms with van der Waals surface area (Å²) < 4.78 is 14.2. The molecule has 0 aliphatic carbocycles. The van der Waals surface area contributed by atoms with E-state index in [4.69, 9.17) is 4.74 Å². The SMILES string of the molecule is COC(=O)CC[C@H](NC(=O)/C=C/c1ccc(OC)cc1)C(=O)OC. The molecule has 1 aromatic rings. The third-order valence-corrected chi connectivity index (χ3v) is 3.21. The van der Waals surface area contributed by atoms with Crippen LogP contribution in [0.4, 0.5) is 0 Å². The van der Waals surface area contributed by atoms with E-state index in [0.717, 1.165) is 5.56 Å². The van der Waals surface area contributed by atoms with Gasteiger partial charge in [0.25, 0.3) is 0 Å². The highest BCUT2D eigenvalue weighted by Gasteiger charge is 2.21. The van der Waals surface area contributed by atoms with Crippen LogP contribution in [0, 0.1) is 0 Å². The van der Waals surface area contributed by atoms with E-state index < -0.39 is 23.9 Å². The highest BCUT2D eigenvalue weighted by atomic mass is 16.5. The van der Waals surface area contributed by atoms with E-state index in [1.807, 2.05) is 0 Å². The Hall–Kier alpha value is -2.83. The van der Waals surface area contributed by atoms with Gasteiger partial charge in [-0.25, -0.2) is 4.79 Å². The Morgan fingerprint density at radius 1 is 1.08 bits per heavy atom. The van der Waals surface area contributed by atoms with Gasteiger partial charge < -0.3 is 19.5 Å². The normalized spacial score (nSPS) is 11.6. The third-order valence-electron chi connectivity index (χ3n) is 3.21. The van der Waals surface area contributed by atoms with E-state index in [9.17, 15) is 14.4 Å². The minimum absolute atomic E-state index is 0.00125. The van der Waals surface area contributed by atoms with E-state index >= 15 is 0 Å². The van der Waals surface area contributed by atoms with Crippen molar-refractivity contribution in [2.24, 2.45) is 0 Å². The fraction of sp³-hybridized carbons (Fsp3) is 0.353. The highest BCUT2D eigenvalue weighted by Crippen LogP contribution is 2.12. The summed E-state index contributed by atoms with van der Waals surface area (Å²) in [4.78, 5) is 34.8. The predicted octanol–water partition coefficient (Wildman–Crippen LogP) is 1.32. The topological polar surface area (TPSA) is 90.9 Å². The van der Waals surface area contributed by atoms with Gasteiger partial charge in [0, 0.05) is 12.5 Å². The Morgan fingerprint density at radius 3 is 2.29 bits per heavy atom. The van der Waals surface area contributed by atoms with Crippen molar-refractivity contribution >= 4 is 23.9 Å². The molecule has 0 aromatic heterocycles. The first-order valence-electron chi connectivity index (χ1n) is 7.27. The number of carbonyl (C=O) groups is 3. The van der Waals surface area contributed by atoms with Gasteiger partial charge in [0.2, 0.25) is 5.91 Å². The molecule has 0 bridgehead atoms. The average molecular weight is 335 g/mol. The summed E-state index contributed by atoms with van der Waals surface area (Å²) in [5.41, 5.74) is 0.801. The molecule has 0 fully saturated rings. The number of esters is 2. The Bertz CT molecular complexity index is 594. The summed E-state index contributed by atoms with van der Waals surface area (Å²) in [7, 11) is 4.04. The van der Waals surface area contributed by atoms with Crippen LogP contribution in [0.3, 0.4) is 0 Å². The zero-order chi connectivity index (χ0) is 17.9. The fourth-order valence-corrected chi connectivity index (χ4v) is 1.86. The van der Waals surface area contributed by atoms with Crippen molar-refractivity contribution < 1.29 is 28.6 Å². The van der Waals surface area contributed by atoms with E-state index in [-0.39, 0.29) is 12.8 Å². The number of hydrogen-bond acceptors (Lipinski definition) is 6. The lowest BCUT2D eigenvalue weighted by Crippen LogP contribution is -2.41. The zero-order valence-electron chi connectivity index (χ0n) is 13.9. The second kappa shape index (κ2) is 10.0. The molecule has 7 heteroatoms. The summed E-state index contributed by atoms with van der Waals surface area (Å²) in [5, 5.41) is 2.51. The van der Waals surface area contributed by atoms with Gasteiger partial charge in [-0.15, -0.1) is 0 Å². The summed E-state index contributed by atoms with van der Waals surface area (Å²) in [6.45, 7) is 0. The van der Waals surface area contributed by atoms with Crippen molar-refractivity contribution in [3.05, 3.63) is 35.9 Å². The quantitative estimate of drug-likeness (QED) is 0.569. The third kappa shape index (κ3) is 6.51. The molecule has 0 spiro atoms. The summed E-state index contributed by atoms with van der Waals surface area (Å²) in [6.07, 6.45) is 3.00. The van der Waals surface area contributed by atoms with Gasteiger partial charge in [-0.3, -0.25) is 9.59 Å². The molecule has 0 saturated carbocycles. The maximum absolute atomic E-state index is 11.9. The minimum atomic E-state index is -0.915. The Kier molecular flexibility index (Phi) is 8.04. The number of rotatable bonds is 8. The van der Waals surface area contributed by atoms with Crippen molar-refractivity contribution in [1.29, 1.82) is 0 Å². The van der Waals surface area contributed by atoms with Crippen LogP contribution in [0.2, 0.25) is 0 Å². The van der Waals surface area contributed by atoms with Gasteiger partial charge in [-0.2, -0.15) is 0 Å². The monoisotopic (exact) mass is 335 g/mol. The largest absolute Gasteiger partial charge is 0.497 e. The lowest BCUT2D eigenvalue weighted by molar-refractivity contribution is -0.146. The van der Waals surface area contributed by atoms with Gasteiger partial charge in [0.1, 0.15) is 11.8 Å². The maximum Gasteiger partial charge on any atom is 0.328 e. The molecule has 0 radical (unpaired) electrons. The molecule has 1 atom stereocenters. The van der Waals surface area contributed by atoms with Crippen LogP contribution in [-0.2, 0) is 23.9 Å². The van der Waals surface area contributed by atoms with Crippen LogP contribution in [0.25, 0.3) is 6.08 Å². The number of ether oxygens (including phenoxy) is 3. The molecule has 0 heterocycles. The lowest BCUT2D eigenvalue weighted by Gasteiger charge is -2.14. The van der Waals surface area contributed by atoms with Crippen LogP contribution in [0.15, 0.2) is 30.3 Å². The summed E-state index contributed by atoms with van der Waals surface area (Å²) >= 11 is 0. The van der Waals surface area contributed by atoms with E-state index in [0.29, 0.717) is 5.75 Å². The molecule has 1 N–H and O–H groups in total. The number of carbonyl (C=O) groups excluding carboxylic acids is 3. The zero-order valence-corrected chi connectivity index (χ0v) is 13.9. The summed E-state index contributed by atoms with van der Waals surface area (Å²) in [6, 6.07) is 6.20. The molecule has 1 rings (SSSR count). The van der Waals surface area contributed by atoms with E-state index in [1.165, 1.54) is 20.3 Å². The van der Waals surface area contributed by atoms with Crippen LogP contribution >= 0.6 is 0 Å². The van der Waals surface area contributed by atoms with Gasteiger partial charge in [0.15, 0.2) is 0 Å². The first-order chi connectivity index (χ1) is 11.5. The second-order valence-electron chi connectivity index (χ2n) is 4.81. The molecule has 1 amide bonds. The number of methoxy groups -OCH3 is 3. The highest BCUT2D eigenvalue weighted by molar-refractivity contribution is 5.94. The van der Waals surface area contributed by atoms with Gasteiger partial charge in [-0.1, -0.05) is 12.1 Å². The van der Waals surface area contributed by atoms with E-state index in [1.54, 1.807) is 37.5 Å². The summed E-state index contributed by atoms with van der Waals surface area (Å²) in [5.74, 6) is -0.840. The van der Waals surface area contributed by atoms with Crippen LogP contribution < -0.4 is 10.1 Å². The van der Waals surface area contributed by atoms with Crippen LogP contribution in [0.5, 0.6) is 5.75 Å². The fourth-order valence-electron chi connectivity index (χ4n) is 1.86. The van der Waals surface area contributed by atoms with Gasteiger partial charge in [0.05, 0.1) is 21.3 Å². The van der Waals surface area contributed by atoms with Gasteiger partial charge >= 0.3 is 11.9 Å². The maximum atomic E-state index is 11.9. The molecule has 130 valence electrons. The smallest absolute Gasteiger partial charge is 0.328 e. The van der Waals surface area contributed by atoms with Crippen LogP contribution in [0.1, 0.15) is 18.4 Å². The molecular formula is C17H21NO6. The van der Waals surface area contributed by atoms with E-state index in [2.05, 4.69) is 14.8 Å². The molecule has 0 aliphatic rings. The number of hydrogen-bond donors (Lipinski definition) is 1. The Morgan fingerprint density at radius 2 is 1.75 bits per heavy atom. The van der Waals surface area contributed by atoms with Crippen molar-refractivity contribution in [3.8, 4) is 5.75 Å². The molecule has 0 aliphatic heterocycles. The lowest BCUT2D eigenvalue weighted by atomic mass is 10.1. The predicted molar refractivity (Wildman–Crippen MR) is 87.2 cm³/mol. The van der Waals surface area contributed by atoms with Gasteiger partial charge in [-0.05, 0) is 30.2 Å². The molecule has 0 saturated heterocycles. The average Bonchev–Trinajstić information content (AvgIpc) is 2.62. The van der Waals surface area contributed by atoms with Crippen molar-refractivity contribution in [2.45, 2.75) is 18.9 Å². The molecule has 1 aromatic carbocycles. The Balaban J connectivity index is 2.63. The van der Waals surface area contributed by atoms with Crippen molar-refractivity contribution in [1.82, 2.24) is 5.32 Å². The van der Waals surface area contributed by atoms with Crippen LogP contribution in [-0.4, -0.2) is 45.2 Å². The number of benzene rings is 1. The molecule has 7 nitrogen and oxygen atoms in total.